The molecular formula is C20H17Cl2N3O2. The van der Waals surface area contributed by atoms with E-state index in [-0.39, 0.29) is 11.7 Å². The third kappa shape index (κ3) is 4.77. The van der Waals surface area contributed by atoms with E-state index in [1.54, 1.807) is 36.5 Å². The Morgan fingerprint density at radius 3 is 2.74 bits per heavy atom. The van der Waals surface area contributed by atoms with Crippen molar-refractivity contribution in [1.29, 1.82) is 0 Å². The van der Waals surface area contributed by atoms with Crippen LogP contribution in [0.15, 0.2) is 65.8 Å². The van der Waals surface area contributed by atoms with Gasteiger partial charge in [0.1, 0.15) is 5.75 Å². The highest BCUT2D eigenvalue weighted by Crippen LogP contribution is 2.32. The smallest absolute Gasteiger partial charge is 0.230 e. The molecule has 138 valence electrons. The molecule has 0 saturated carbocycles. The maximum Gasteiger partial charge on any atom is 0.230 e. The Bertz CT molecular complexity index is 977. The van der Waals surface area contributed by atoms with Gasteiger partial charge in [0.25, 0.3) is 0 Å². The Balaban J connectivity index is 1.92. The van der Waals surface area contributed by atoms with Crippen LogP contribution in [-0.4, -0.2) is 16.0 Å². The van der Waals surface area contributed by atoms with Crippen LogP contribution in [0.1, 0.15) is 16.7 Å². The largest absolute Gasteiger partial charge is 0.437 e. The van der Waals surface area contributed by atoms with Crippen LogP contribution >= 0.6 is 23.2 Å². The van der Waals surface area contributed by atoms with E-state index in [1.165, 1.54) is 0 Å². The summed E-state index contributed by atoms with van der Waals surface area (Å²) in [5.74, 6) is 0.839. The van der Waals surface area contributed by atoms with E-state index in [4.69, 9.17) is 27.9 Å². The zero-order valence-electron chi connectivity index (χ0n) is 14.5. The molecule has 3 aromatic rings. The molecule has 0 bridgehead atoms. The van der Waals surface area contributed by atoms with Gasteiger partial charge in [-0.2, -0.15) is 0 Å². The monoisotopic (exact) mass is 401 g/mol. The Labute approximate surface area is 167 Å². The number of hydroxylamine groups is 1. The first-order valence-electron chi connectivity index (χ1n) is 8.16. The molecule has 5 nitrogen and oxygen atoms in total. The Morgan fingerprint density at radius 2 is 1.96 bits per heavy atom. The fraction of sp³-hybridized carbons (Fsp3) is 0.100. The zero-order valence-corrected chi connectivity index (χ0v) is 16.0. The molecule has 0 aliphatic rings. The van der Waals surface area contributed by atoms with Gasteiger partial charge in [-0.05, 0) is 42.3 Å². The zero-order chi connectivity index (χ0) is 19.2. The number of nitrogens with one attached hydrogen (secondary N) is 1. The van der Waals surface area contributed by atoms with E-state index >= 15 is 0 Å². The van der Waals surface area contributed by atoms with Gasteiger partial charge in [-0.15, -0.1) is 0 Å². The minimum absolute atomic E-state index is 0.236. The number of amidine groups is 1. The van der Waals surface area contributed by atoms with Gasteiger partial charge in [-0.25, -0.2) is 4.98 Å². The van der Waals surface area contributed by atoms with Gasteiger partial charge in [0.2, 0.25) is 5.88 Å². The normalized spacial score (nSPS) is 11.3. The Hall–Kier alpha value is -2.60. The van der Waals surface area contributed by atoms with Gasteiger partial charge in [-0.1, -0.05) is 47.5 Å². The number of ether oxygens (including phenoxy) is 1. The van der Waals surface area contributed by atoms with Crippen molar-refractivity contribution in [2.24, 2.45) is 4.99 Å². The minimum Gasteiger partial charge on any atom is -0.437 e. The molecule has 27 heavy (non-hydrogen) atoms. The molecule has 3 rings (SSSR count). The first-order chi connectivity index (χ1) is 13.1. The van der Waals surface area contributed by atoms with Gasteiger partial charge in [0.15, 0.2) is 5.84 Å². The van der Waals surface area contributed by atoms with E-state index in [9.17, 15) is 5.21 Å². The van der Waals surface area contributed by atoms with Crippen molar-refractivity contribution in [2.45, 2.75) is 13.5 Å². The number of benzene rings is 2. The van der Waals surface area contributed by atoms with Crippen molar-refractivity contribution >= 4 is 29.0 Å². The molecule has 0 saturated heterocycles. The summed E-state index contributed by atoms with van der Waals surface area (Å²) in [6, 6.07) is 16.3. The second-order valence-corrected chi connectivity index (χ2v) is 6.58. The standard InChI is InChI=1S/C20H17Cl2N3O2/c1-13-5-2-3-6-14(13)12-24-19(25-26)16-7-4-10-23-20(16)27-18-11-15(21)8-9-17(18)22/h2-11,26H,12H2,1H3,(H,24,25). The van der Waals surface area contributed by atoms with Gasteiger partial charge in [0.05, 0.1) is 17.1 Å². The third-order valence-corrected chi connectivity index (χ3v) is 4.45. The van der Waals surface area contributed by atoms with Gasteiger partial charge in [-0.3, -0.25) is 15.7 Å². The molecule has 0 aliphatic carbocycles. The second kappa shape index (κ2) is 8.86. The van der Waals surface area contributed by atoms with E-state index in [0.717, 1.165) is 11.1 Å². The third-order valence-electron chi connectivity index (χ3n) is 3.90. The number of hydrogen-bond acceptors (Lipinski definition) is 4. The number of pyridine rings is 1. The Kier molecular flexibility index (Phi) is 6.29. The summed E-state index contributed by atoms with van der Waals surface area (Å²) in [5, 5.41) is 10.5. The van der Waals surface area contributed by atoms with Crippen molar-refractivity contribution in [3.63, 3.8) is 0 Å². The molecule has 0 spiro atoms. The van der Waals surface area contributed by atoms with Gasteiger partial charge < -0.3 is 4.74 Å². The minimum atomic E-state index is 0.236. The van der Waals surface area contributed by atoms with Crippen LogP contribution < -0.4 is 10.2 Å². The summed E-state index contributed by atoms with van der Waals surface area (Å²) in [7, 11) is 0. The average Bonchev–Trinajstić information content (AvgIpc) is 2.67. The molecule has 1 aromatic heterocycles. The maximum absolute atomic E-state index is 9.60. The SMILES string of the molecule is Cc1ccccc1CN=C(NO)c1cccnc1Oc1cc(Cl)ccc1Cl. The lowest BCUT2D eigenvalue weighted by Gasteiger charge is -2.12. The maximum atomic E-state index is 9.60. The fourth-order valence-corrected chi connectivity index (χ4v) is 2.76. The number of hydrogen-bond donors (Lipinski definition) is 2. The van der Waals surface area contributed by atoms with Crippen molar-refractivity contribution in [3.8, 4) is 11.6 Å². The summed E-state index contributed by atoms with van der Waals surface area (Å²) < 4.78 is 5.82. The summed E-state index contributed by atoms with van der Waals surface area (Å²) in [5.41, 5.74) is 4.79. The molecule has 0 radical (unpaired) electrons. The number of halogens is 2. The predicted octanol–water partition coefficient (Wildman–Crippen LogP) is 5.41. The van der Waals surface area contributed by atoms with Crippen molar-refractivity contribution < 1.29 is 9.94 Å². The summed E-state index contributed by atoms with van der Waals surface area (Å²) >= 11 is 12.2. The highest BCUT2D eigenvalue weighted by Gasteiger charge is 2.14. The van der Waals surface area contributed by atoms with Crippen LogP contribution in [0.2, 0.25) is 10.0 Å². The van der Waals surface area contributed by atoms with Crippen LogP contribution in [0.5, 0.6) is 11.6 Å². The number of aromatic nitrogens is 1. The molecule has 2 aromatic carbocycles. The number of rotatable bonds is 5. The topological polar surface area (TPSA) is 66.7 Å². The van der Waals surface area contributed by atoms with Crippen LogP contribution in [0.4, 0.5) is 0 Å². The van der Waals surface area contributed by atoms with Crippen molar-refractivity contribution in [3.05, 3.63) is 87.5 Å². The molecule has 0 amide bonds. The van der Waals surface area contributed by atoms with Gasteiger partial charge >= 0.3 is 0 Å². The molecule has 7 heteroatoms. The number of aliphatic imine (C=N–C) groups is 1. The molecular weight excluding hydrogens is 385 g/mol. The molecule has 0 fully saturated rings. The molecule has 2 N–H and O–H groups in total. The van der Waals surface area contributed by atoms with Crippen molar-refractivity contribution in [1.82, 2.24) is 10.5 Å². The van der Waals surface area contributed by atoms with Crippen LogP contribution in [0, 0.1) is 6.92 Å². The van der Waals surface area contributed by atoms with Crippen LogP contribution in [-0.2, 0) is 6.54 Å². The number of aryl methyl sites for hydroxylation is 1. The molecule has 0 aliphatic heterocycles. The van der Waals surface area contributed by atoms with Crippen LogP contribution in [0.3, 0.4) is 0 Å². The lowest BCUT2D eigenvalue weighted by atomic mass is 10.1. The quantitative estimate of drug-likeness (QED) is 0.340. The number of nitrogens with zero attached hydrogens (tertiary/aromatic N) is 2. The second-order valence-electron chi connectivity index (χ2n) is 5.74. The highest BCUT2D eigenvalue weighted by molar-refractivity contribution is 6.34. The highest BCUT2D eigenvalue weighted by atomic mass is 35.5. The summed E-state index contributed by atoms with van der Waals surface area (Å²) in [6.45, 7) is 2.40. The fourth-order valence-electron chi connectivity index (χ4n) is 2.44. The van der Waals surface area contributed by atoms with E-state index in [1.807, 2.05) is 31.2 Å². The van der Waals surface area contributed by atoms with E-state index in [0.29, 0.717) is 27.9 Å². The van der Waals surface area contributed by atoms with Crippen molar-refractivity contribution in [2.75, 3.05) is 0 Å². The first-order valence-corrected chi connectivity index (χ1v) is 8.91. The van der Waals surface area contributed by atoms with Gasteiger partial charge in [0, 0.05) is 17.3 Å². The lowest BCUT2D eigenvalue weighted by Crippen LogP contribution is -2.21. The molecule has 0 atom stereocenters. The molecule has 0 unspecified atom stereocenters. The average molecular weight is 402 g/mol. The Morgan fingerprint density at radius 1 is 1.15 bits per heavy atom. The first kappa shape index (κ1) is 19.2. The predicted molar refractivity (Wildman–Crippen MR) is 107 cm³/mol. The van der Waals surface area contributed by atoms with Crippen LogP contribution in [0.25, 0.3) is 0 Å². The van der Waals surface area contributed by atoms with E-state index in [2.05, 4.69) is 15.5 Å². The lowest BCUT2D eigenvalue weighted by molar-refractivity contribution is 0.234. The molecule has 1 heterocycles. The summed E-state index contributed by atoms with van der Waals surface area (Å²) in [4.78, 5) is 8.69. The summed E-state index contributed by atoms with van der Waals surface area (Å²) in [6.07, 6.45) is 1.58. The van der Waals surface area contributed by atoms with E-state index < -0.39 is 0 Å².